The Hall–Kier alpha value is -3.39. The number of hydrazine groups is 1. The van der Waals surface area contributed by atoms with Crippen LogP contribution in [0.1, 0.15) is 27.9 Å². The molecule has 2 aromatic carbocycles. The van der Waals surface area contributed by atoms with E-state index in [9.17, 15) is 19.2 Å². The number of nitrogens with one attached hydrogen (secondary N) is 2. The molecule has 2 aromatic rings. The third-order valence-electron chi connectivity index (χ3n) is 4.94. The SMILES string of the molecule is Cc1ccc(NC(=O)COC(=O)[C@@H]2CC(=O)N(NC(=O)c3ccc(Cl)cc3)C2)cc1C. The van der Waals surface area contributed by atoms with E-state index in [-0.39, 0.29) is 13.0 Å². The highest BCUT2D eigenvalue weighted by Gasteiger charge is 2.36. The fraction of sp³-hybridized carbons (Fsp3) is 0.273. The standard InChI is InChI=1S/C22H22ClN3O5/c1-13-3-8-18(9-14(13)2)24-19(27)12-31-22(30)16-10-20(28)26(11-16)25-21(29)15-4-6-17(23)7-5-15/h3-9,16H,10-12H2,1-2H3,(H,24,27)(H,25,29)/t16-/m1/s1. The number of aryl methyl sites for hydroxylation is 2. The number of anilines is 1. The number of ether oxygens (including phenoxy) is 1. The minimum Gasteiger partial charge on any atom is -0.455 e. The molecule has 0 saturated carbocycles. The van der Waals surface area contributed by atoms with Crippen LogP contribution in [0.2, 0.25) is 5.02 Å². The van der Waals surface area contributed by atoms with E-state index in [4.69, 9.17) is 16.3 Å². The van der Waals surface area contributed by atoms with Crippen LogP contribution in [-0.2, 0) is 19.1 Å². The number of hydrogen-bond acceptors (Lipinski definition) is 5. The van der Waals surface area contributed by atoms with E-state index in [1.165, 1.54) is 12.1 Å². The zero-order valence-corrected chi connectivity index (χ0v) is 17.9. The number of amides is 3. The van der Waals surface area contributed by atoms with Crippen molar-refractivity contribution in [2.75, 3.05) is 18.5 Å². The maximum absolute atomic E-state index is 12.3. The molecule has 31 heavy (non-hydrogen) atoms. The first-order valence-corrected chi connectivity index (χ1v) is 10.0. The topological polar surface area (TPSA) is 105 Å². The Bertz CT molecular complexity index is 1020. The summed E-state index contributed by atoms with van der Waals surface area (Å²) >= 11 is 5.80. The second kappa shape index (κ2) is 9.61. The fourth-order valence-corrected chi connectivity index (χ4v) is 3.16. The molecule has 9 heteroatoms. The molecule has 1 fully saturated rings. The number of carbonyl (C=O) groups excluding carboxylic acids is 4. The van der Waals surface area contributed by atoms with Crippen LogP contribution in [0.15, 0.2) is 42.5 Å². The average Bonchev–Trinajstić information content (AvgIpc) is 3.10. The van der Waals surface area contributed by atoms with Crippen LogP contribution in [0.4, 0.5) is 5.69 Å². The van der Waals surface area contributed by atoms with Gasteiger partial charge in [0.25, 0.3) is 11.8 Å². The van der Waals surface area contributed by atoms with Gasteiger partial charge >= 0.3 is 5.97 Å². The quantitative estimate of drug-likeness (QED) is 0.668. The lowest BCUT2D eigenvalue weighted by molar-refractivity contribution is -0.151. The second-order valence-electron chi connectivity index (χ2n) is 7.31. The Balaban J connectivity index is 1.48. The largest absolute Gasteiger partial charge is 0.455 e. The summed E-state index contributed by atoms with van der Waals surface area (Å²) in [6.45, 7) is 3.40. The molecule has 0 radical (unpaired) electrons. The summed E-state index contributed by atoms with van der Waals surface area (Å²) in [4.78, 5) is 48.7. The minimum atomic E-state index is -0.771. The molecule has 1 saturated heterocycles. The lowest BCUT2D eigenvalue weighted by Gasteiger charge is -2.17. The first-order chi connectivity index (χ1) is 14.7. The van der Waals surface area contributed by atoms with Gasteiger partial charge in [0.2, 0.25) is 5.91 Å². The minimum absolute atomic E-state index is 0.0320. The zero-order chi connectivity index (χ0) is 22.5. The van der Waals surface area contributed by atoms with Crippen LogP contribution in [0.3, 0.4) is 0 Å². The van der Waals surface area contributed by atoms with Gasteiger partial charge in [-0.25, -0.2) is 0 Å². The molecule has 8 nitrogen and oxygen atoms in total. The van der Waals surface area contributed by atoms with Crippen molar-refractivity contribution in [3.63, 3.8) is 0 Å². The van der Waals surface area contributed by atoms with E-state index < -0.39 is 36.2 Å². The van der Waals surface area contributed by atoms with Gasteiger partial charge in [-0.3, -0.25) is 29.6 Å². The third kappa shape index (κ3) is 5.82. The van der Waals surface area contributed by atoms with Crippen molar-refractivity contribution in [1.82, 2.24) is 10.4 Å². The van der Waals surface area contributed by atoms with E-state index in [0.717, 1.165) is 16.1 Å². The Morgan fingerprint density at radius 2 is 1.81 bits per heavy atom. The van der Waals surface area contributed by atoms with Gasteiger partial charge in [0, 0.05) is 22.7 Å². The molecule has 0 spiro atoms. The number of halogens is 1. The first kappa shape index (κ1) is 22.3. The number of nitrogens with zero attached hydrogens (tertiary/aromatic N) is 1. The van der Waals surface area contributed by atoms with Gasteiger partial charge in [-0.2, -0.15) is 0 Å². The summed E-state index contributed by atoms with van der Waals surface area (Å²) in [5.74, 6) is -2.83. The predicted molar refractivity (Wildman–Crippen MR) is 114 cm³/mol. The van der Waals surface area contributed by atoms with Gasteiger partial charge in [-0.05, 0) is 61.4 Å². The molecular formula is C22H22ClN3O5. The molecule has 1 atom stereocenters. The van der Waals surface area contributed by atoms with Gasteiger partial charge in [0.15, 0.2) is 6.61 Å². The van der Waals surface area contributed by atoms with Crippen molar-refractivity contribution in [3.05, 3.63) is 64.2 Å². The summed E-state index contributed by atoms with van der Waals surface area (Å²) in [5, 5.41) is 4.23. The Labute approximate surface area is 184 Å². The molecule has 0 bridgehead atoms. The highest BCUT2D eigenvalue weighted by Crippen LogP contribution is 2.19. The van der Waals surface area contributed by atoms with Crippen molar-refractivity contribution in [1.29, 1.82) is 0 Å². The summed E-state index contributed by atoms with van der Waals surface area (Å²) < 4.78 is 5.06. The van der Waals surface area contributed by atoms with Gasteiger partial charge in [0.1, 0.15) is 0 Å². The van der Waals surface area contributed by atoms with E-state index >= 15 is 0 Å². The Morgan fingerprint density at radius 3 is 2.48 bits per heavy atom. The lowest BCUT2D eigenvalue weighted by atomic mass is 10.1. The van der Waals surface area contributed by atoms with Gasteiger partial charge in [-0.15, -0.1) is 0 Å². The van der Waals surface area contributed by atoms with Crippen molar-refractivity contribution in [2.45, 2.75) is 20.3 Å². The van der Waals surface area contributed by atoms with Crippen LogP contribution in [0, 0.1) is 19.8 Å². The summed E-state index contributed by atoms with van der Waals surface area (Å²) in [5.41, 5.74) is 5.53. The van der Waals surface area contributed by atoms with Gasteiger partial charge in [-0.1, -0.05) is 17.7 Å². The number of esters is 1. The van der Waals surface area contributed by atoms with E-state index in [1.807, 2.05) is 26.0 Å². The summed E-state index contributed by atoms with van der Waals surface area (Å²) in [7, 11) is 0. The van der Waals surface area contributed by atoms with Crippen LogP contribution < -0.4 is 10.7 Å². The molecule has 0 unspecified atom stereocenters. The van der Waals surface area contributed by atoms with Crippen LogP contribution in [0.5, 0.6) is 0 Å². The molecule has 0 aliphatic carbocycles. The zero-order valence-electron chi connectivity index (χ0n) is 17.1. The predicted octanol–water partition coefficient (Wildman–Crippen LogP) is 2.63. The summed E-state index contributed by atoms with van der Waals surface area (Å²) in [6, 6.07) is 11.6. The molecular weight excluding hydrogens is 422 g/mol. The highest BCUT2D eigenvalue weighted by molar-refractivity contribution is 6.30. The number of benzene rings is 2. The molecule has 1 aliphatic rings. The summed E-state index contributed by atoms with van der Waals surface area (Å²) in [6.07, 6.45) is -0.113. The second-order valence-corrected chi connectivity index (χ2v) is 7.74. The lowest BCUT2D eigenvalue weighted by Crippen LogP contribution is -2.43. The van der Waals surface area contributed by atoms with Crippen molar-refractivity contribution in [2.24, 2.45) is 5.92 Å². The van der Waals surface area contributed by atoms with Crippen LogP contribution in [0.25, 0.3) is 0 Å². The van der Waals surface area contributed by atoms with Crippen molar-refractivity contribution < 1.29 is 23.9 Å². The number of carbonyl (C=O) groups is 4. The third-order valence-corrected chi connectivity index (χ3v) is 5.19. The smallest absolute Gasteiger partial charge is 0.311 e. The highest BCUT2D eigenvalue weighted by atomic mass is 35.5. The van der Waals surface area contributed by atoms with Crippen LogP contribution >= 0.6 is 11.6 Å². The van der Waals surface area contributed by atoms with Crippen molar-refractivity contribution >= 4 is 41.0 Å². The molecule has 3 amide bonds. The Kier molecular flexibility index (Phi) is 6.91. The van der Waals surface area contributed by atoms with E-state index in [2.05, 4.69) is 10.7 Å². The van der Waals surface area contributed by atoms with E-state index in [1.54, 1.807) is 18.2 Å². The first-order valence-electron chi connectivity index (χ1n) is 9.63. The number of rotatable bonds is 6. The normalized spacial score (nSPS) is 15.5. The molecule has 2 N–H and O–H groups in total. The number of hydrogen-bond donors (Lipinski definition) is 2. The fourth-order valence-electron chi connectivity index (χ4n) is 3.03. The average molecular weight is 444 g/mol. The molecule has 162 valence electrons. The maximum Gasteiger partial charge on any atom is 0.311 e. The van der Waals surface area contributed by atoms with Crippen molar-refractivity contribution in [3.8, 4) is 0 Å². The van der Waals surface area contributed by atoms with Crippen LogP contribution in [-0.4, -0.2) is 41.9 Å². The van der Waals surface area contributed by atoms with Gasteiger partial charge < -0.3 is 10.1 Å². The Morgan fingerprint density at radius 1 is 1.10 bits per heavy atom. The molecule has 3 rings (SSSR count). The monoisotopic (exact) mass is 443 g/mol. The molecule has 1 heterocycles. The van der Waals surface area contributed by atoms with E-state index in [0.29, 0.717) is 16.3 Å². The van der Waals surface area contributed by atoms with Gasteiger partial charge in [0.05, 0.1) is 12.5 Å². The maximum atomic E-state index is 12.3. The molecule has 1 aliphatic heterocycles. The molecule has 0 aromatic heterocycles.